The molecule has 2 aromatic carbocycles. The topological polar surface area (TPSA) is 103 Å². The van der Waals surface area contributed by atoms with Crippen molar-refractivity contribution in [3.05, 3.63) is 95.7 Å². The summed E-state index contributed by atoms with van der Waals surface area (Å²) in [5.41, 5.74) is 4.15. The molecule has 0 radical (unpaired) electrons. The van der Waals surface area contributed by atoms with E-state index in [0.717, 1.165) is 77.8 Å². The van der Waals surface area contributed by atoms with E-state index in [2.05, 4.69) is 32.7 Å². The van der Waals surface area contributed by atoms with Gasteiger partial charge in [-0.3, -0.25) is 9.88 Å². The maximum absolute atomic E-state index is 11.6. The molecule has 0 aliphatic carbocycles. The molecule has 0 bridgehead atoms. The summed E-state index contributed by atoms with van der Waals surface area (Å²) >= 11 is 0. The highest BCUT2D eigenvalue weighted by molar-refractivity contribution is 5.92. The zero-order valence-corrected chi connectivity index (χ0v) is 23.4. The van der Waals surface area contributed by atoms with Gasteiger partial charge in [0.15, 0.2) is 0 Å². The highest BCUT2D eigenvalue weighted by atomic mass is 16.5. The average Bonchev–Trinajstić information content (AvgIpc) is 3.34. The average molecular weight is 564 g/mol. The van der Waals surface area contributed by atoms with E-state index in [1.807, 2.05) is 42.7 Å². The molecule has 2 saturated heterocycles. The van der Waals surface area contributed by atoms with Gasteiger partial charge in [-0.2, -0.15) is 0 Å². The van der Waals surface area contributed by atoms with Crippen molar-refractivity contribution >= 4 is 27.8 Å². The normalized spacial score (nSPS) is 17.9. The third-order valence-electron chi connectivity index (χ3n) is 8.52. The molecule has 42 heavy (non-hydrogen) atoms. The molecular formula is C33H33N5O4. The molecule has 1 atom stereocenters. The van der Waals surface area contributed by atoms with Crippen LogP contribution in [0.15, 0.2) is 73.1 Å². The quantitative estimate of drug-likeness (QED) is 0.254. The second-order valence-electron chi connectivity index (χ2n) is 11.2. The van der Waals surface area contributed by atoms with Crippen LogP contribution in [0.4, 0.5) is 0 Å². The summed E-state index contributed by atoms with van der Waals surface area (Å²) in [7, 11) is 0. The lowest BCUT2D eigenvalue weighted by molar-refractivity contribution is -0.0592. The molecule has 5 aromatic rings. The number of aromatic nitrogens is 4. The predicted octanol–water partition coefficient (Wildman–Crippen LogP) is 5.43. The second-order valence-corrected chi connectivity index (χ2v) is 11.2. The van der Waals surface area contributed by atoms with Crippen molar-refractivity contribution in [2.45, 2.75) is 51.0 Å². The Morgan fingerprint density at radius 2 is 1.88 bits per heavy atom. The third-order valence-corrected chi connectivity index (χ3v) is 8.52. The molecule has 2 aliphatic heterocycles. The molecule has 2 aliphatic rings. The molecule has 0 amide bonds. The summed E-state index contributed by atoms with van der Waals surface area (Å²) in [6.07, 6.45) is 6.85. The standard InChI is InChI=1S/C33H33N5O4/c39-33(40)23-7-8-29-30(17-23)38(19-26-12-16-41-26)31(35-29)20-37-14-10-22(11-15-37)28-5-2-6-32(36-28)42-21-25-4-1-3-24-18-34-13-9-27(24)25/h1-9,13,17-18,22,26H,10-12,14-16,19-21H2,(H,39,40)/t26-/m0/s1. The van der Waals surface area contributed by atoms with Crippen LogP contribution >= 0.6 is 0 Å². The van der Waals surface area contributed by atoms with E-state index in [9.17, 15) is 9.90 Å². The second kappa shape index (κ2) is 11.5. The van der Waals surface area contributed by atoms with Gasteiger partial charge in [-0.15, -0.1) is 0 Å². The Kier molecular flexibility index (Phi) is 7.27. The van der Waals surface area contributed by atoms with E-state index in [0.29, 0.717) is 31.5 Å². The minimum atomic E-state index is -0.928. The number of nitrogens with zero attached hydrogens (tertiary/aromatic N) is 5. The van der Waals surface area contributed by atoms with Crippen LogP contribution in [-0.4, -0.2) is 61.3 Å². The van der Waals surface area contributed by atoms with E-state index in [1.54, 1.807) is 12.1 Å². The van der Waals surface area contributed by atoms with Gasteiger partial charge >= 0.3 is 5.97 Å². The molecule has 2 fully saturated rings. The Labute approximate surface area is 243 Å². The van der Waals surface area contributed by atoms with Crippen LogP contribution < -0.4 is 4.74 Å². The number of hydrogen-bond donors (Lipinski definition) is 1. The number of imidazole rings is 1. The molecule has 9 heteroatoms. The van der Waals surface area contributed by atoms with Gasteiger partial charge in [-0.1, -0.05) is 24.3 Å². The van der Waals surface area contributed by atoms with Crippen LogP contribution in [0.5, 0.6) is 5.88 Å². The van der Waals surface area contributed by atoms with Crippen LogP contribution in [0.2, 0.25) is 0 Å². The Morgan fingerprint density at radius 3 is 2.69 bits per heavy atom. The molecule has 0 spiro atoms. The summed E-state index contributed by atoms with van der Waals surface area (Å²) < 4.78 is 14.0. The molecule has 7 rings (SSSR count). The smallest absolute Gasteiger partial charge is 0.335 e. The van der Waals surface area contributed by atoms with E-state index in [-0.39, 0.29) is 11.7 Å². The summed E-state index contributed by atoms with van der Waals surface area (Å²) in [6, 6.07) is 19.4. The minimum Gasteiger partial charge on any atom is -0.478 e. The number of ether oxygens (including phenoxy) is 2. The van der Waals surface area contributed by atoms with Crippen molar-refractivity contribution in [2.75, 3.05) is 19.7 Å². The molecule has 1 N–H and O–H groups in total. The number of fused-ring (bicyclic) bond motifs is 2. The van der Waals surface area contributed by atoms with Gasteiger partial charge in [-0.05, 0) is 73.6 Å². The van der Waals surface area contributed by atoms with Crippen molar-refractivity contribution in [3.8, 4) is 5.88 Å². The fourth-order valence-corrected chi connectivity index (χ4v) is 6.05. The lowest BCUT2D eigenvalue weighted by Crippen LogP contribution is -2.35. The van der Waals surface area contributed by atoms with Gasteiger partial charge in [-0.25, -0.2) is 14.8 Å². The first kappa shape index (κ1) is 26.6. The van der Waals surface area contributed by atoms with Gasteiger partial charge in [0.1, 0.15) is 12.4 Å². The Balaban J connectivity index is 1.01. The molecule has 9 nitrogen and oxygen atoms in total. The first-order chi connectivity index (χ1) is 20.6. The molecule has 5 heterocycles. The number of likely N-dealkylation sites (tertiary alicyclic amines) is 1. The maximum atomic E-state index is 11.6. The SMILES string of the molecule is O=C(O)c1ccc2nc(CN3CCC(c4cccc(OCc5cccc6cnccc56)n4)CC3)n(C[C@@H]3CCO3)c2c1. The highest BCUT2D eigenvalue weighted by Gasteiger charge is 2.26. The number of carboxylic acid groups (broad SMARTS) is 1. The number of piperidine rings is 1. The van der Waals surface area contributed by atoms with Crippen LogP contribution in [0, 0.1) is 0 Å². The minimum absolute atomic E-state index is 0.151. The van der Waals surface area contributed by atoms with Crippen LogP contribution in [0.1, 0.15) is 52.6 Å². The monoisotopic (exact) mass is 563 g/mol. The molecule has 0 saturated carbocycles. The number of aromatic carboxylic acids is 1. The first-order valence-corrected chi connectivity index (χ1v) is 14.6. The lowest BCUT2D eigenvalue weighted by Gasteiger charge is -2.32. The highest BCUT2D eigenvalue weighted by Crippen LogP contribution is 2.30. The number of pyridine rings is 2. The number of carboxylic acids is 1. The largest absolute Gasteiger partial charge is 0.478 e. The number of rotatable bonds is 9. The molecule has 214 valence electrons. The van der Waals surface area contributed by atoms with Crippen molar-refractivity contribution < 1.29 is 19.4 Å². The Morgan fingerprint density at radius 1 is 1.02 bits per heavy atom. The Hall–Kier alpha value is -4.34. The van der Waals surface area contributed by atoms with Gasteiger partial charge in [0, 0.05) is 42.1 Å². The van der Waals surface area contributed by atoms with E-state index < -0.39 is 5.97 Å². The zero-order chi connectivity index (χ0) is 28.5. The fourth-order valence-electron chi connectivity index (χ4n) is 6.05. The maximum Gasteiger partial charge on any atom is 0.335 e. The van der Waals surface area contributed by atoms with Gasteiger partial charge in [0.2, 0.25) is 5.88 Å². The van der Waals surface area contributed by atoms with Crippen molar-refractivity contribution in [1.29, 1.82) is 0 Å². The summed E-state index contributed by atoms with van der Waals surface area (Å²) in [5, 5.41) is 11.8. The first-order valence-electron chi connectivity index (χ1n) is 14.6. The molecule has 3 aromatic heterocycles. The Bertz CT molecular complexity index is 1730. The van der Waals surface area contributed by atoms with Crippen molar-refractivity contribution in [3.63, 3.8) is 0 Å². The van der Waals surface area contributed by atoms with Crippen LogP contribution in [-0.2, 0) is 24.4 Å². The number of benzene rings is 2. The summed E-state index contributed by atoms with van der Waals surface area (Å²) in [6.45, 7) is 4.51. The zero-order valence-electron chi connectivity index (χ0n) is 23.4. The van der Waals surface area contributed by atoms with E-state index >= 15 is 0 Å². The summed E-state index contributed by atoms with van der Waals surface area (Å²) in [4.78, 5) is 28.1. The van der Waals surface area contributed by atoms with Gasteiger partial charge < -0.3 is 19.1 Å². The van der Waals surface area contributed by atoms with Crippen molar-refractivity contribution in [2.24, 2.45) is 0 Å². The lowest BCUT2D eigenvalue weighted by atomic mass is 9.93. The van der Waals surface area contributed by atoms with Crippen LogP contribution in [0.25, 0.3) is 21.8 Å². The van der Waals surface area contributed by atoms with Crippen molar-refractivity contribution in [1.82, 2.24) is 24.4 Å². The molecular weight excluding hydrogens is 530 g/mol. The van der Waals surface area contributed by atoms with E-state index in [1.165, 1.54) is 0 Å². The summed E-state index contributed by atoms with van der Waals surface area (Å²) in [5.74, 6) is 1.05. The van der Waals surface area contributed by atoms with E-state index in [4.69, 9.17) is 19.4 Å². The predicted molar refractivity (Wildman–Crippen MR) is 159 cm³/mol. The third kappa shape index (κ3) is 5.45. The van der Waals surface area contributed by atoms with Crippen LogP contribution in [0.3, 0.4) is 0 Å². The van der Waals surface area contributed by atoms with Gasteiger partial charge in [0.05, 0.1) is 35.8 Å². The van der Waals surface area contributed by atoms with Gasteiger partial charge in [0.25, 0.3) is 0 Å². The number of hydrogen-bond acceptors (Lipinski definition) is 7. The fraction of sp³-hybridized carbons (Fsp3) is 0.333. The number of carbonyl (C=O) groups is 1. The molecule has 0 unspecified atom stereocenters.